The maximum atomic E-state index is 12.1. The summed E-state index contributed by atoms with van der Waals surface area (Å²) in [7, 11) is 1.73. The van der Waals surface area contributed by atoms with Crippen LogP contribution in [0.3, 0.4) is 0 Å². The van der Waals surface area contributed by atoms with E-state index in [1.54, 1.807) is 29.4 Å². The van der Waals surface area contributed by atoms with E-state index in [4.69, 9.17) is 5.11 Å². The van der Waals surface area contributed by atoms with Gasteiger partial charge >= 0.3 is 5.97 Å². The van der Waals surface area contributed by atoms with Gasteiger partial charge in [-0.05, 0) is 34.5 Å². The quantitative estimate of drug-likeness (QED) is 0.828. The van der Waals surface area contributed by atoms with Crippen molar-refractivity contribution in [3.05, 3.63) is 46.3 Å². The Morgan fingerprint density at radius 2 is 2.24 bits per heavy atom. The molecular weight excluding hydrogens is 308 g/mol. The second kappa shape index (κ2) is 7.24. The maximum Gasteiger partial charge on any atom is 0.338 e. The number of carboxylic acids is 1. The van der Waals surface area contributed by atoms with E-state index in [0.717, 1.165) is 17.3 Å². The molecular formula is C14H14N2O3S2. The predicted molar refractivity (Wildman–Crippen MR) is 82.7 cm³/mol. The number of rotatable bonds is 6. The Kier molecular flexibility index (Phi) is 5.35. The molecule has 7 heteroatoms. The summed E-state index contributed by atoms with van der Waals surface area (Å²) in [5.41, 5.74) is 1.21. The summed E-state index contributed by atoms with van der Waals surface area (Å²) < 4.78 is 0. The van der Waals surface area contributed by atoms with E-state index in [9.17, 15) is 9.59 Å². The molecule has 0 unspecified atom stereocenters. The summed E-state index contributed by atoms with van der Waals surface area (Å²) in [4.78, 5) is 28.8. The van der Waals surface area contributed by atoms with E-state index in [1.807, 2.05) is 16.8 Å². The molecule has 2 aromatic rings. The Hall–Kier alpha value is -1.86. The fraction of sp³-hybridized carbons (Fsp3) is 0.214. The van der Waals surface area contributed by atoms with Gasteiger partial charge in [0.1, 0.15) is 5.03 Å². The second-order valence-electron chi connectivity index (χ2n) is 4.33. The highest BCUT2D eigenvalue weighted by atomic mass is 32.2. The molecule has 0 fully saturated rings. The molecule has 0 saturated heterocycles. The minimum atomic E-state index is -1.04. The number of nitrogens with zero attached hydrogens (tertiary/aromatic N) is 2. The average Bonchev–Trinajstić information content (AvgIpc) is 2.97. The number of pyridine rings is 1. The van der Waals surface area contributed by atoms with Crippen LogP contribution in [-0.2, 0) is 11.3 Å². The number of hydrogen-bond acceptors (Lipinski definition) is 5. The van der Waals surface area contributed by atoms with Crippen molar-refractivity contribution >= 4 is 35.0 Å². The first kappa shape index (κ1) is 15.5. The standard InChI is InChI=1S/C14H14N2O3S2/c1-16(7-10-4-6-20-8-10)12(17)9-21-13-11(14(18)19)3-2-5-15-13/h2-6,8H,7,9H2,1H3,(H,18,19). The maximum absolute atomic E-state index is 12.1. The molecule has 2 aromatic heterocycles. The number of thioether (sulfide) groups is 1. The van der Waals surface area contributed by atoms with Crippen molar-refractivity contribution in [1.82, 2.24) is 9.88 Å². The lowest BCUT2D eigenvalue weighted by molar-refractivity contribution is -0.127. The van der Waals surface area contributed by atoms with Crippen LogP contribution in [0.15, 0.2) is 40.2 Å². The molecule has 0 saturated carbocycles. The highest BCUT2D eigenvalue weighted by Crippen LogP contribution is 2.20. The van der Waals surface area contributed by atoms with Crippen molar-refractivity contribution in [2.75, 3.05) is 12.8 Å². The average molecular weight is 322 g/mol. The number of aromatic carboxylic acids is 1. The van der Waals surface area contributed by atoms with Crippen molar-refractivity contribution in [1.29, 1.82) is 0 Å². The van der Waals surface area contributed by atoms with E-state index >= 15 is 0 Å². The molecule has 1 N–H and O–H groups in total. The first-order valence-electron chi connectivity index (χ1n) is 6.14. The van der Waals surface area contributed by atoms with Gasteiger partial charge in [-0.2, -0.15) is 11.3 Å². The van der Waals surface area contributed by atoms with Gasteiger partial charge in [0.2, 0.25) is 5.91 Å². The minimum absolute atomic E-state index is 0.0619. The van der Waals surface area contributed by atoms with Crippen molar-refractivity contribution in [3.8, 4) is 0 Å². The smallest absolute Gasteiger partial charge is 0.338 e. The summed E-state index contributed by atoms with van der Waals surface area (Å²) in [6.45, 7) is 0.552. The number of amides is 1. The number of hydrogen-bond donors (Lipinski definition) is 1. The van der Waals surface area contributed by atoms with Gasteiger partial charge in [0.05, 0.1) is 11.3 Å². The third kappa shape index (κ3) is 4.30. The Morgan fingerprint density at radius 1 is 1.43 bits per heavy atom. The SMILES string of the molecule is CN(Cc1ccsc1)C(=O)CSc1ncccc1C(=O)O. The Morgan fingerprint density at radius 3 is 2.90 bits per heavy atom. The lowest BCUT2D eigenvalue weighted by atomic mass is 10.3. The normalized spacial score (nSPS) is 10.3. The molecule has 0 spiro atoms. The summed E-state index contributed by atoms with van der Waals surface area (Å²) in [5, 5.41) is 13.4. The minimum Gasteiger partial charge on any atom is -0.478 e. The van der Waals surface area contributed by atoms with Gasteiger partial charge in [-0.25, -0.2) is 9.78 Å². The van der Waals surface area contributed by atoms with Crippen molar-refractivity contribution < 1.29 is 14.7 Å². The molecule has 2 heterocycles. The lowest BCUT2D eigenvalue weighted by Crippen LogP contribution is -2.27. The topological polar surface area (TPSA) is 70.5 Å². The Labute approximate surface area is 130 Å². The predicted octanol–water partition coefficient (Wildman–Crippen LogP) is 2.59. The van der Waals surface area contributed by atoms with Crippen LogP contribution in [0.25, 0.3) is 0 Å². The number of carbonyl (C=O) groups excluding carboxylic acids is 1. The van der Waals surface area contributed by atoms with Crippen LogP contribution in [0.1, 0.15) is 15.9 Å². The number of carboxylic acid groups (broad SMARTS) is 1. The number of thiophene rings is 1. The number of aromatic nitrogens is 1. The van der Waals surface area contributed by atoms with Crippen molar-refractivity contribution in [2.45, 2.75) is 11.6 Å². The van der Waals surface area contributed by atoms with Crippen LogP contribution in [-0.4, -0.2) is 39.7 Å². The molecule has 1 amide bonds. The molecule has 5 nitrogen and oxygen atoms in total. The zero-order valence-electron chi connectivity index (χ0n) is 11.4. The second-order valence-corrected chi connectivity index (χ2v) is 6.08. The summed E-state index contributed by atoms with van der Waals surface area (Å²) >= 11 is 2.73. The molecule has 0 aromatic carbocycles. The van der Waals surface area contributed by atoms with Crippen LogP contribution < -0.4 is 0 Å². The van der Waals surface area contributed by atoms with Gasteiger partial charge in [-0.3, -0.25) is 4.79 Å². The third-order valence-electron chi connectivity index (χ3n) is 2.76. The van der Waals surface area contributed by atoms with E-state index in [2.05, 4.69) is 4.98 Å². The van der Waals surface area contributed by atoms with Gasteiger partial charge in [0.25, 0.3) is 0 Å². The van der Waals surface area contributed by atoms with Crippen LogP contribution in [0, 0.1) is 0 Å². The van der Waals surface area contributed by atoms with Crippen LogP contribution in [0.2, 0.25) is 0 Å². The fourth-order valence-electron chi connectivity index (χ4n) is 1.65. The molecule has 0 aliphatic rings. The molecule has 2 rings (SSSR count). The van der Waals surface area contributed by atoms with Crippen molar-refractivity contribution in [3.63, 3.8) is 0 Å². The van der Waals surface area contributed by atoms with Crippen molar-refractivity contribution in [2.24, 2.45) is 0 Å². The van der Waals surface area contributed by atoms with Gasteiger partial charge in [0, 0.05) is 19.8 Å². The summed E-state index contributed by atoms with van der Waals surface area (Å²) in [6, 6.07) is 5.03. The highest BCUT2D eigenvalue weighted by molar-refractivity contribution is 8.00. The van der Waals surface area contributed by atoms with E-state index in [1.165, 1.54) is 12.3 Å². The largest absolute Gasteiger partial charge is 0.478 e. The van der Waals surface area contributed by atoms with Crippen LogP contribution >= 0.6 is 23.1 Å². The van der Waals surface area contributed by atoms with E-state index in [0.29, 0.717) is 11.6 Å². The zero-order chi connectivity index (χ0) is 15.2. The van der Waals surface area contributed by atoms with Gasteiger partial charge in [0.15, 0.2) is 0 Å². The monoisotopic (exact) mass is 322 g/mol. The first-order chi connectivity index (χ1) is 10.1. The van der Waals surface area contributed by atoms with E-state index in [-0.39, 0.29) is 17.2 Å². The Balaban J connectivity index is 1.93. The third-order valence-corrected chi connectivity index (χ3v) is 4.48. The highest BCUT2D eigenvalue weighted by Gasteiger charge is 2.15. The number of carbonyl (C=O) groups is 2. The molecule has 0 radical (unpaired) electrons. The van der Waals surface area contributed by atoms with Crippen LogP contribution in [0.5, 0.6) is 0 Å². The van der Waals surface area contributed by atoms with Crippen LogP contribution in [0.4, 0.5) is 0 Å². The van der Waals surface area contributed by atoms with E-state index < -0.39 is 5.97 Å². The summed E-state index contributed by atoms with van der Waals surface area (Å²) in [6.07, 6.45) is 1.52. The van der Waals surface area contributed by atoms with Gasteiger partial charge in [-0.15, -0.1) is 0 Å². The lowest BCUT2D eigenvalue weighted by Gasteiger charge is -2.16. The molecule has 0 aliphatic heterocycles. The molecule has 0 aliphatic carbocycles. The Bertz CT molecular complexity index is 629. The molecule has 0 bridgehead atoms. The van der Waals surface area contributed by atoms with Gasteiger partial charge in [-0.1, -0.05) is 11.8 Å². The molecule has 110 valence electrons. The van der Waals surface area contributed by atoms with Gasteiger partial charge < -0.3 is 10.0 Å². The molecule has 0 atom stereocenters. The first-order valence-corrected chi connectivity index (χ1v) is 8.07. The zero-order valence-corrected chi connectivity index (χ0v) is 13.0. The fourth-order valence-corrected chi connectivity index (χ4v) is 3.24. The summed E-state index contributed by atoms with van der Waals surface area (Å²) in [5.74, 6) is -0.935. The molecule has 21 heavy (non-hydrogen) atoms.